The number of Topliss-reactive ketones (excluding diaryl/α,β-unsaturated/α-hetero) is 1. The third-order valence-corrected chi connectivity index (χ3v) is 2.86. The van der Waals surface area contributed by atoms with E-state index in [0.29, 0.717) is 18.7 Å². The minimum Gasteiger partial charge on any atom is -0.469 e. The average Bonchev–Trinajstić information content (AvgIpc) is 2.50. The van der Waals surface area contributed by atoms with Crippen molar-refractivity contribution in [2.45, 2.75) is 19.4 Å². The Hall–Kier alpha value is -2.21. The molecule has 0 radical (unpaired) electrons. The van der Waals surface area contributed by atoms with E-state index in [9.17, 15) is 14.4 Å². The largest absolute Gasteiger partial charge is 0.469 e. The molecule has 0 aromatic heterocycles. The number of carbonyl (C=O) groups excluding carboxylic acids is 3. The third-order valence-electron chi connectivity index (χ3n) is 2.86. The van der Waals surface area contributed by atoms with Crippen molar-refractivity contribution in [3.63, 3.8) is 0 Å². The maximum Gasteiger partial charge on any atom is 0.307 e. The maximum atomic E-state index is 12.4. The number of nitrogens with one attached hydrogen (secondary N) is 2. The van der Waals surface area contributed by atoms with Crippen LogP contribution in [-0.4, -0.2) is 43.9 Å². The summed E-state index contributed by atoms with van der Waals surface area (Å²) in [6.45, 7) is 2.19. The Morgan fingerprint density at radius 2 is 1.81 bits per heavy atom. The van der Waals surface area contributed by atoms with Gasteiger partial charge in [-0.25, -0.2) is 0 Å². The lowest BCUT2D eigenvalue weighted by Crippen LogP contribution is -2.42. The molecule has 0 saturated heterocycles. The highest BCUT2D eigenvalue weighted by Gasteiger charge is 2.22. The van der Waals surface area contributed by atoms with Crippen LogP contribution < -0.4 is 10.6 Å². The number of hydrogen-bond acceptors (Lipinski definition) is 5. The number of ketones is 1. The number of esters is 1. The first-order valence-corrected chi connectivity index (χ1v) is 6.68. The molecule has 1 rings (SSSR count). The molecule has 21 heavy (non-hydrogen) atoms. The van der Waals surface area contributed by atoms with Gasteiger partial charge in [0.25, 0.3) is 0 Å². The van der Waals surface area contributed by atoms with E-state index in [0.717, 1.165) is 0 Å². The predicted molar refractivity (Wildman–Crippen MR) is 77.9 cm³/mol. The Labute approximate surface area is 123 Å². The summed E-state index contributed by atoms with van der Waals surface area (Å²) in [5.74, 6) is -0.782. The molecule has 0 fully saturated rings. The van der Waals surface area contributed by atoms with Crippen LogP contribution in [0.25, 0.3) is 0 Å². The summed E-state index contributed by atoms with van der Waals surface area (Å²) in [6, 6.07) is 8.06. The zero-order chi connectivity index (χ0) is 15.7. The van der Waals surface area contributed by atoms with E-state index in [2.05, 4.69) is 15.4 Å². The van der Waals surface area contributed by atoms with Crippen molar-refractivity contribution < 1.29 is 19.1 Å². The van der Waals surface area contributed by atoms with Crippen LogP contribution in [-0.2, 0) is 14.3 Å². The first kappa shape index (κ1) is 16.8. The van der Waals surface area contributed by atoms with E-state index in [1.165, 1.54) is 14.0 Å². The van der Waals surface area contributed by atoms with Crippen LogP contribution in [0.1, 0.15) is 23.7 Å². The Bertz CT molecular complexity index is 488. The average molecular weight is 292 g/mol. The molecule has 1 amide bonds. The topological polar surface area (TPSA) is 84.5 Å². The van der Waals surface area contributed by atoms with Crippen LogP contribution in [0, 0.1) is 0 Å². The van der Waals surface area contributed by atoms with Crippen LogP contribution in [0.2, 0.25) is 0 Å². The van der Waals surface area contributed by atoms with E-state index in [-0.39, 0.29) is 18.1 Å². The standard InChI is InChI=1S/C15H20N2O4/c1-11(18)16-8-9-17-13(10-14(19)21-2)15(20)12-6-4-3-5-7-12/h3-7,13,17H,8-10H2,1-2H3,(H,16,18). The predicted octanol–water partition coefficient (Wildman–Crippen LogP) is 0.527. The second kappa shape index (κ2) is 8.86. The van der Waals surface area contributed by atoms with Gasteiger partial charge in [0.05, 0.1) is 19.6 Å². The Kier molecular flexibility index (Phi) is 7.11. The SMILES string of the molecule is COC(=O)CC(NCCNC(C)=O)C(=O)c1ccccc1. The Morgan fingerprint density at radius 3 is 2.38 bits per heavy atom. The minimum absolute atomic E-state index is 0.0513. The van der Waals surface area contributed by atoms with Gasteiger partial charge in [0.1, 0.15) is 0 Å². The fourth-order valence-corrected chi connectivity index (χ4v) is 1.80. The lowest BCUT2D eigenvalue weighted by atomic mass is 10.0. The quantitative estimate of drug-likeness (QED) is 0.415. The maximum absolute atomic E-state index is 12.4. The molecule has 114 valence electrons. The van der Waals surface area contributed by atoms with Gasteiger partial charge < -0.3 is 15.4 Å². The summed E-state index contributed by atoms with van der Waals surface area (Å²) in [7, 11) is 1.28. The van der Waals surface area contributed by atoms with Crippen LogP contribution in [0.5, 0.6) is 0 Å². The number of methoxy groups -OCH3 is 1. The van der Waals surface area contributed by atoms with Crippen molar-refractivity contribution in [3.05, 3.63) is 35.9 Å². The van der Waals surface area contributed by atoms with E-state index >= 15 is 0 Å². The third kappa shape index (κ3) is 6.18. The summed E-state index contributed by atoms with van der Waals surface area (Å²) < 4.78 is 4.61. The monoisotopic (exact) mass is 292 g/mol. The second-order valence-electron chi connectivity index (χ2n) is 4.50. The molecule has 1 unspecified atom stereocenters. The lowest BCUT2D eigenvalue weighted by molar-refractivity contribution is -0.141. The lowest BCUT2D eigenvalue weighted by Gasteiger charge is -2.16. The van der Waals surface area contributed by atoms with Crippen molar-refractivity contribution >= 4 is 17.7 Å². The van der Waals surface area contributed by atoms with Crippen LogP contribution >= 0.6 is 0 Å². The summed E-state index contributed by atoms with van der Waals surface area (Å²) in [4.78, 5) is 34.6. The van der Waals surface area contributed by atoms with Gasteiger partial charge in [-0.2, -0.15) is 0 Å². The van der Waals surface area contributed by atoms with Gasteiger partial charge in [-0.15, -0.1) is 0 Å². The normalized spacial score (nSPS) is 11.5. The molecule has 1 aromatic rings. The van der Waals surface area contributed by atoms with Gasteiger partial charge in [0, 0.05) is 25.6 Å². The van der Waals surface area contributed by atoms with Gasteiger partial charge >= 0.3 is 5.97 Å². The van der Waals surface area contributed by atoms with E-state index < -0.39 is 12.0 Å². The summed E-state index contributed by atoms with van der Waals surface area (Å²) in [5.41, 5.74) is 0.526. The molecule has 1 aromatic carbocycles. The molecule has 6 heteroatoms. The fourth-order valence-electron chi connectivity index (χ4n) is 1.80. The number of amides is 1. The molecular formula is C15H20N2O4. The van der Waals surface area contributed by atoms with Gasteiger partial charge in [0.15, 0.2) is 5.78 Å². The molecule has 1 atom stereocenters. The molecule has 0 spiro atoms. The first-order chi connectivity index (χ1) is 10.0. The van der Waals surface area contributed by atoms with Crippen molar-refractivity contribution in [1.29, 1.82) is 0 Å². The molecule has 6 nitrogen and oxygen atoms in total. The van der Waals surface area contributed by atoms with Crippen molar-refractivity contribution in [2.24, 2.45) is 0 Å². The molecule has 2 N–H and O–H groups in total. The summed E-state index contributed by atoms with van der Waals surface area (Å²) in [5, 5.41) is 5.59. The van der Waals surface area contributed by atoms with Crippen molar-refractivity contribution in [3.8, 4) is 0 Å². The van der Waals surface area contributed by atoms with Gasteiger partial charge in [0.2, 0.25) is 5.91 Å². The van der Waals surface area contributed by atoms with E-state index in [1.54, 1.807) is 24.3 Å². The van der Waals surface area contributed by atoms with Crippen LogP contribution in [0.4, 0.5) is 0 Å². The molecule has 0 heterocycles. The first-order valence-electron chi connectivity index (χ1n) is 6.68. The number of ether oxygens (including phenoxy) is 1. The Morgan fingerprint density at radius 1 is 1.14 bits per heavy atom. The highest BCUT2D eigenvalue weighted by atomic mass is 16.5. The molecule has 0 saturated carbocycles. The fraction of sp³-hybridized carbons (Fsp3) is 0.400. The van der Waals surface area contributed by atoms with Gasteiger partial charge in [-0.1, -0.05) is 30.3 Å². The highest BCUT2D eigenvalue weighted by molar-refractivity contribution is 6.01. The number of hydrogen-bond donors (Lipinski definition) is 2. The van der Waals surface area contributed by atoms with Crippen molar-refractivity contribution in [2.75, 3.05) is 20.2 Å². The zero-order valence-electron chi connectivity index (χ0n) is 12.2. The highest BCUT2D eigenvalue weighted by Crippen LogP contribution is 2.07. The Balaban J connectivity index is 2.65. The van der Waals surface area contributed by atoms with Crippen LogP contribution in [0.15, 0.2) is 30.3 Å². The molecule has 0 aliphatic rings. The molecular weight excluding hydrogens is 272 g/mol. The summed E-state index contributed by atoms with van der Waals surface area (Å²) >= 11 is 0. The molecule has 0 bridgehead atoms. The number of benzene rings is 1. The van der Waals surface area contributed by atoms with Crippen LogP contribution in [0.3, 0.4) is 0 Å². The van der Waals surface area contributed by atoms with E-state index in [4.69, 9.17) is 0 Å². The second-order valence-corrected chi connectivity index (χ2v) is 4.50. The number of rotatable bonds is 8. The minimum atomic E-state index is -0.673. The smallest absolute Gasteiger partial charge is 0.307 e. The van der Waals surface area contributed by atoms with E-state index in [1.807, 2.05) is 6.07 Å². The van der Waals surface area contributed by atoms with Crippen molar-refractivity contribution in [1.82, 2.24) is 10.6 Å². The van der Waals surface area contributed by atoms with Gasteiger partial charge in [-0.3, -0.25) is 14.4 Å². The van der Waals surface area contributed by atoms with Gasteiger partial charge in [-0.05, 0) is 0 Å². The number of carbonyl (C=O) groups is 3. The zero-order valence-corrected chi connectivity index (χ0v) is 12.2. The molecule has 0 aliphatic heterocycles. The summed E-state index contributed by atoms with van der Waals surface area (Å²) in [6.07, 6.45) is -0.0513. The molecule has 0 aliphatic carbocycles.